The number of rotatable bonds is 16. The van der Waals surface area contributed by atoms with Crippen LogP contribution >= 0.6 is 0 Å². The van der Waals surface area contributed by atoms with Crippen molar-refractivity contribution in [3.63, 3.8) is 0 Å². The highest BCUT2D eigenvalue weighted by atomic mass is 16.4. The minimum atomic E-state index is -1.34. The Morgan fingerprint density at radius 2 is 1.41 bits per heavy atom. The van der Waals surface area contributed by atoms with Crippen molar-refractivity contribution in [2.24, 2.45) is 16.8 Å². The predicted molar refractivity (Wildman–Crippen MR) is 141 cm³/mol. The fourth-order valence-corrected chi connectivity index (χ4v) is 4.31. The van der Waals surface area contributed by atoms with E-state index in [9.17, 15) is 28.8 Å². The molecule has 16 heteroatoms. The number of aliphatic carboxylic acids is 4. The van der Waals surface area contributed by atoms with Gasteiger partial charge in [0, 0.05) is 37.3 Å². The molecule has 2 heterocycles. The summed E-state index contributed by atoms with van der Waals surface area (Å²) in [6, 6.07) is 0. The normalized spacial score (nSPS) is 16.5. The van der Waals surface area contributed by atoms with Crippen LogP contribution in [0.2, 0.25) is 0 Å². The molecule has 41 heavy (non-hydrogen) atoms. The van der Waals surface area contributed by atoms with E-state index in [1.165, 1.54) is 17.0 Å². The minimum absolute atomic E-state index is 0.0650. The maximum atomic E-state index is 12.8. The predicted octanol–water partition coefficient (Wildman–Crippen LogP) is -0.689. The Bertz CT molecular complexity index is 1180. The number of aliphatic imine (C=N–C) groups is 1. The highest BCUT2D eigenvalue weighted by Gasteiger charge is 2.28. The van der Waals surface area contributed by atoms with Crippen molar-refractivity contribution in [2.75, 3.05) is 39.8 Å². The molecule has 1 aromatic heterocycles. The number of hydrogen-bond acceptors (Lipinski definition) is 9. The van der Waals surface area contributed by atoms with Crippen molar-refractivity contribution in [1.82, 2.24) is 24.3 Å². The number of imidazole rings is 1. The van der Waals surface area contributed by atoms with Crippen LogP contribution in [0.5, 0.6) is 0 Å². The van der Waals surface area contributed by atoms with E-state index >= 15 is 0 Å². The first-order chi connectivity index (χ1) is 19.2. The molecular formula is C25H34N6O10. The van der Waals surface area contributed by atoms with Gasteiger partial charge >= 0.3 is 23.9 Å². The fourth-order valence-electron chi connectivity index (χ4n) is 4.31. The van der Waals surface area contributed by atoms with Gasteiger partial charge in [0.25, 0.3) is 0 Å². The molecule has 224 valence electrons. The van der Waals surface area contributed by atoms with Crippen LogP contribution in [0.1, 0.15) is 25.6 Å². The van der Waals surface area contributed by atoms with Crippen molar-refractivity contribution in [2.45, 2.75) is 32.9 Å². The SMILES string of the molecule is CC1C=CN=C(CN(C)Cc2nccn2CC(=O)N(CC(=O)O)CC(=O)O)CC1CC(=O)N(CC(=O)O)CC(=O)O. The van der Waals surface area contributed by atoms with Gasteiger partial charge in [-0.3, -0.25) is 38.7 Å². The van der Waals surface area contributed by atoms with E-state index in [0.29, 0.717) is 18.8 Å². The summed E-state index contributed by atoms with van der Waals surface area (Å²) in [6.45, 7) is -0.758. The molecule has 0 saturated carbocycles. The summed E-state index contributed by atoms with van der Waals surface area (Å²) in [4.78, 5) is 81.8. The molecule has 0 aromatic carbocycles. The molecule has 0 bridgehead atoms. The summed E-state index contributed by atoms with van der Waals surface area (Å²) in [5.74, 6) is -6.46. The van der Waals surface area contributed by atoms with E-state index in [-0.39, 0.29) is 31.3 Å². The number of nitrogens with zero attached hydrogens (tertiary/aromatic N) is 6. The monoisotopic (exact) mass is 578 g/mol. The van der Waals surface area contributed by atoms with Crippen molar-refractivity contribution in [1.29, 1.82) is 0 Å². The number of aromatic nitrogens is 2. The number of amides is 2. The first kappa shape index (κ1) is 32.6. The van der Waals surface area contributed by atoms with E-state index < -0.39 is 61.9 Å². The van der Waals surface area contributed by atoms with Gasteiger partial charge in [-0.1, -0.05) is 13.0 Å². The van der Waals surface area contributed by atoms with Gasteiger partial charge in [-0.2, -0.15) is 0 Å². The Labute approximate surface area is 235 Å². The van der Waals surface area contributed by atoms with Crippen LogP contribution < -0.4 is 0 Å². The Balaban J connectivity index is 2.05. The maximum absolute atomic E-state index is 12.8. The third-order valence-electron chi connectivity index (χ3n) is 6.31. The van der Waals surface area contributed by atoms with Crippen LogP contribution in [0.15, 0.2) is 29.7 Å². The number of carbonyl (C=O) groups is 6. The molecule has 0 radical (unpaired) electrons. The Morgan fingerprint density at radius 1 is 0.878 bits per heavy atom. The molecule has 2 rings (SSSR count). The lowest BCUT2D eigenvalue weighted by Gasteiger charge is -2.26. The molecule has 1 aliphatic rings. The van der Waals surface area contributed by atoms with Crippen molar-refractivity contribution in [3.05, 3.63) is 30.5 Å². The smallest absolute Gasteiger partial charge is 0.323 e. The molecule has 4 N–H and O–H groups in total. The zero-order valence-corrected chi connectivity index (χ0v) is 22.7. The van der Waals surface area contributed by atoms with E-state index in [2.05, 4.69) is 9.98 Å². The topological polar surface area (TPSA) is 223 Å². The first-order valence-electron chi connectivity index (χ1n) is 12.6. The van der Waals surface area contributed by atoms with Crippen LogP contribution in [0.3, 0.4) is 0 Å². The maximum Gasteiger partial charge on any atom is 0.323 e. The Morgan fingerprint density at radius 3 is 1.95 bits per heavy atom. The van der Waals surface area contributed by atoms with Gasteiger partial charge in [0.15, 0.2) is 0 Å². The standard InChI is InChI=1S/C25H34N6O10/c1-16-3-4-26-18(7-17(16)8-20(32)30(12-22(34)35)13-23(36)37)9-28(2)10-19-27-5-6-29(19)11-21(33)31(14-24(38)39)15-25(40)41/h3-6,16-17H,7-15H2,1-2H3,(H,34,35)(H,36,37)(H,38,39)(H,40,41). The third kappa shape index (κ3) is 11.2. The number of allylic oxidation sites excluding steroid dienone is 1. The highest BCUT2D eigenvalue weighted by Crippen LogP contribution is 2.25. The van der Waals surface area contributed by atoms with E-state index in [4.69, 9.17) is 20.4 Å². The number of carboxylic acids is 4. The lowest BCUT2D eigenvalue weighted by Crippen LogP contribution is -2.41. The number of carbonyl (C=O) groups excluding carboxylic acids is 2. The molecule has 1 aromatic rings. The van der Waals surface area contributed by atoms with E-state index in [1.54, 1.807) is 13.2 Å². The summed E-state index contributed by atoms with van der Waals surface area (Å²) in [5, 5.41) is 36.1. The van der Waals surface area contributed by atoms with Crippen LogP contribution in [0.25, 0.3) is 0 Å². The Kier molecular flexibility index (Phi) is 12.1. The molecule has 0 saturated heterocycles. The van der Waals surface area contributed by atoms with Crippen LogP contribution in [-0.4, -0.2) is 126 Å². The average Bonchev–Trinajstić information content (AvgIpc) is 3.19. The molecular weight excluding hydrogens is 544 g/mol. The second-order valence-corrected chi connectivity index (χ2v) is 9.78. The van der Waals surface area contributed by atoms with Gasteiger partial charge in [-0.05, 0) is 25.3 Å². The highest BCUT2D eigenvalue weighted by molar-refractivity contribution is 5.89. The average molecular weight is 579 g/mol. The van der Waals surface area contributed by atoms with Crippen molar-refractivity contribution in [3.8, 4) is 0 Å². The van der Waals surface area contributed by atoms with E-state index in [0.717, 1.165) is 15.5 Å². The molecule has 16 nitrogen and oxygen atoms in total. The number of carboxylic acid groups (broad SMARTS) is 4. The summed E-state index contributed by atoms with van der Waals surface area (Å²) in [5.41, 5.74) is 0.720. The van der Waals surface area contributed by atoms with Gasteiger partial charge < -0.3 is 34.8 Å². The van der Waals surface area contributed by atoms with Crippen molar-refractivity contribution >= 4 is 41.4 Å². The van der Waals surface area contributed by atoms with Crippen molar-refractivity contribution < 1.29 is 49.2 Å². The van der Waals surface area contributed by atoms with Gasteiger partial charge in [0.2, 0.25) is 11.8 Å². The molecule has 0 spiro atoms. The lowest BCUT2D eigenvalue weighted by molar-refractivity contribution is -0.150. The lowest BCUT2D eigenvalue weighted by atomic mass is 9.86. The van der Waals surface area contributed by atoms with Gasteiger partial charge in [-0.15, -0.1) is 0 Å². The largest absolute Gasteiger partial charge is 0.480 e. The summed E-state index contributed by atoms with van der Waals surface area (Å²) >= 11 is 0. The van der Waals surface area contributed by atoms with E-state index in [1.807, 2.05) is 17.9 Å². The summed E-state index contributed by atoms with van der Waals surface area (Å²) < 4.78 is 1.49. The van der Waals surface area contributed by atoms with Crippen LogP contribution in [0, 0.1) is 11.8 Å². The minimum Gasteiger partial charge on any atom is -0.480 e. The third-order valence-corrected chi connectivity index (χ3v) is 6.31. The molecule has 2 amide bonds. The molecule has 0 aliphatic carbocycles. The fraction of sp³-hybridized carbons (Fsp3) is 0.520. The molecule has 1 aliphatic heterocycles. The van der Waals surface area contributed by atoms with Crippen LogP contribution in [-0.2, 0) is 41.9 Å². The Hall–Kier alpha value is -4.60. The molecule has 2 unspecified atom stereocenters. The second kappa shape index (κ2) is 15.3. The quantitative estimate of drug-likeness (QED) is 0.191. The summed E-state index contributed by atoms with van der Waals surface area (Å²) in [6.07, 6.45) is 6.76. The van der Waals surface area contributed by atoms with Gasteiger partial charge in [0.05, 0.1) is 6.54 Å². The van der Waals surface area contributed by atoms with Gasteiger partial charge in [-0.25, -0.2) is 4.98 Å². The zero-order valence-electron chi connectivity index (χ0n) is 22.7. The summed E-state index contributed by atoms with van der Waals surface area (Å²) in [7, 11) is 1.78. The van der Waals surface area contributed by atoms with Gasteiger partial charge in [0.1, 0.15) is 38.5 Å². The zero-order chi connectivity index (χ0) is 30.7. The second-order valence-electron chi connectivity index (χ2n) is 9.78. The molecule has 2 atom stereocenters. The first-order valence-corrected chi connectivity index (χ1v) is 12.6. The van der Waals surface area contributed by atoms with Crippen LogP contribution in [0.4, 0.5) is 0 Å². The molecule has 0 fully saturated rings. The number of hydrogen-bond donors (Lipinski definition) is 4.